The van der Waals surface area contributed by atoms with Crippen LogP contribution in [0.15, 0.2) is 48.5 Å². The zero-order chi connectivity index (χ0) is 15.4. The minimum Gasteiger partial charge on any atom is -0.508 e. The van der Waals surface area contributed by atoms with Crippen LogP contribution in [-0.2, 0) is 9.59 Å². The van der Waals surface area contributed by atoms with Crippen LogP contribution < -0.4 is 10.2 Å². The van der Waals surface area contributed by atoms with Crippen LogP contribution in [0.3, 0.4) is 0 Å². The Bertz CT molecular complexity index is 654. The third-order valence-corrected chi connectivity index (χ3v) is 2.84. The monoisotopic (exact) mass is 288 g/mol. The molecule has 2 aromatic rings. The smallest absolute Gasteiger partial charge is 0.316 e. The average molecular weight is 288 g/mol. The standard InChI is InChI=1S/C15H13FN2O3/c1-18(12-6-8-13(19)9-7-12)15(21)14(20)17-11-4-2-10(16)3-5-11/h2-9,19H,1H3,(H,17,20). The first kappa shape index (κ1) is 14.5. The topological polar surface area (TPSA) is 69.6 Å². The van der Waals surface area contributed by atoms with Gasteiger partial charge in [0.2, 0.25) is 0 Å². The molecule has 0 saturated heterocycles. The van der Waals surface area contributed by atoms with E-state index in [1.165, 1.54) is 55.6 Å². The van der Waals surface area contributed by atoms with Crippen LogP contribution in [-0.4, -0.2) is 24.0 Å². The molecule has 0 radical (unpaired) electrons. The average Bonchev–Trinajstić information content (AvgIpc) is 2.49. The van der Waals surface area contributed by atoms with Gasteiger partial charge in [0, 0.05) is 18.4 Å². The number of hydrogen-bond acceptors (Lipinski definition) is 3. The van der Waals surface area contributed by atoms with Crippen LogP contribution in [0.1, 0.15) is 0 Å². The number of hydrogen-bond donors (Lipinski definition) is 2. The minimum atomic E-state index is -0.836. The second-order valence-electron chi connectivity index (χ2n) is 4.34. The predicted octanol–water partition coefficient (Wildman–Crippen LogP) is 2.13. The van der Waals surface area contributed by atoms with Gasteiger partial charge in [-0.3, -0.25) is 9.59 Å². The third kappa shape index (κ3) is 3.56. The lowest BCUT2D eigenvalue weighted by atomic mass is 10.2. The summed E-state index contributed by atoms with van der Waals surface area (Å²) in [5.74, 6) is -1.97. The van der Waals surface area contributed by atoms with Crippen molar-refractivity contribution in [1.82, 2.24) is 0 Å². The number of likely N-dealkylation sites (N-methyl/N-ethyl adjacent to an activating group) is 1. The van der Waals surface area contributed by atoms with E-state index in [4.69, 9.17) is 0 Å². The molecule has 0 fully saturated rings. The zero-order valence-corrected chi connectivity index (χ0v) is 11.2. The summed E-state index contributed by atoms with van der Waals surface area (Å²) in [4.78, 5) is 25.0. The van der Waals surface area contributed by atoms with Gasteiger partial charge < -0.3 is 15.3 Å². The Hall–Kier alpha value is -2.89. The summed E-state index contributed by atoms with van der Waals surface area (Å²) in [5, 5.41) is 11.6. The SMILES string of the molecule is CN(C(=O)C(=O)Nc1ccc(F)cc1)c1ccc(O)cc1. The summed E-state index contributed by atoms with van der Waals surface area (Å²) in [6.07, 6.45) is 0. The Balaban J connectivity index is 2.06. The van der Waals surface area contributed by atoms with Gasteiger partial charge in [0.15, 0.2) is 0 Å². The molecule has 5 nitrogen and oxygen atoms in total. The van der Waals surface area contributed by atoms with E-state index >= 15 is 0 Å². The molecule has 2 rings (SSSR count). The van der Waals surface area contributed by atoms with E-state index < -0.39 is 17.6 Å². The second kappa shape index (κ2) is 6.04. The Morgan fingerprint density at radius 3 is 2.19 bits per heavy atom. The molecule has 0 aromatic heterocycles. The van der Waals surface area contributed by atoms with Gasteiger partial charge in [-0.1, -0.05) is 0 Å². The quantitative estimate of drug-likeness (QED) is 0.832. The number of anilines is 2. The lowest BCUT2D eigenvalue weighted by Gasteiger charge is -2.16. The fourth-order valence-corrected chi connectivity index (χ4v) is 1.66. The number of nitrogens with zero attached hydrogens (tertiary/aromatic N) is 1. The van der Waals surface area contributed by atoms with Crippen molar-refractivity contribution in [3.63, 3.8) is 0 Å². The number of phenolic OH excluding ortho intramolecular Hbond substituents is 1. The van der Waals surface area contributed by atoms with Crippen LogP contribution in [0.25, 0.3) is 0 Å². The maximum absolute atomic E-state index is 12.8. The highest BCUT2D eigenvalue weighted by Crippen LogP contribution is 2.17. The normalized spacial score (nSPS) is 10.0. The van der Waals surface area contributed by atoms with Crippen LogP contribution in [0, 0.1) is 5.82 Å². The van der Waals surface area contributed by atoms with Crippen molar-refractivity contribution in [3.05, 3.63) is 54.3 Å². The summed E-state index contributed by atoms with van der Waals surface area (Å²) in [6, 6.07) is 10.9. The van der Waals surface area contributed by atoms with E-state index in [2.05, 4.69) is 5.32 Å². The van der Waals surface area contributed by atoms with Crippen molar-refractivity contribution in [2.45, 2.75) is 0 Å². The molecule has 0 aliphatic carbocycles. The van der Waals surface area contributed by atoms with Crippen molar-refractivity contribution in [1.29, 1.82) is 0 Å². The van der Waals surface area contributed by atoms with Gasteiger partial charge >= 0.3 is 11.8 Å². The number of halogens is 1. The Morgan fingerprint density at radius 2 is 1.62 bits per heavy atom. The van der Waals surface area contributed by atoms with Gasteiger partial charge in [-0.15, -0.1) is 0 Å². The molecule has 21 heavy (non-hydrogen) atoms. The van der Waals surface area contributed by atoms with Crippen molar-refractivity contribution in [3.8, 4) is 5.75 Å². The van der Waals surface area contributed by atoms with Gasteiger partial charge in [0.25, 0.3) is 0 Å². The van der Waals surface area contributed by atoms with Gasteiger partial charge in [-0.25, -0.2) is 4.39 Å². The molecule has 2 amide bonds. The number of benzene rings is 2. The molecule has 108 valence electrons. The molecule has 0 heterocycles. The molecule has 0 aliphatic heterocycles. The van der Waals surface area contributed by atoms with Crippen LogP contribution in [0.5, 0.6) is 5.75 Å². The second-order valence-corrected chi connectivity index (χ2v) is 4.34. The van der Waals surface area contributed by atoms with Gasteiger partial charge in [0.05, 0.1) is 0 Å². The van der Waals surface area contributed by atoms with Crippen molar-refractivity contribution in [2.75, 3.05) is 17.3 Å². The fourth-order valence-electron chi connectivity index (χ4n) is 1.66. The molecule has 0 aliphatic rings. The van der Waals surface area contributed by atoms with E-state index in [0.717, 1.165) is 4.90 Å². The van der Waals surface area contributed by atoms with Crippen molar-refractivity contribution >= 4 is 23.2 Å². The van der Waals surface area contributed by atoms with Gasteiger partial charge in [-0.2, -0.15) is 0 Å². The summed E-state index contributed by atoms with van der Waals surface area (Å²) in [6.45, 7) is 0. The Labute approximate surface area is 120 Å². The summed E-state index contributed by atoms with van der Waals surface area (Å²) >= 11 is 0. The summed E-state index contributed by atoms with van der Waals surface area (Å²) < 4.78 is 12.8. The Kier molecular flexibility index (Phi) is 4.18. The maximum atomic E-state index is 12.8. The molecule has 0 unspecified atom stereocenters. The summed E-state index contributed by atoms with van der Waals surface area (Å²) in [5.41, 5.74) is 0.793. The highest BCUT2D eigenvalue weighted by molar-refractivity contribution is 6.44. The first-order valence-corrected chi connectivity index (χ1v) is 6.11. The molecule has 0 bridgehead atoms. The lowest BCUT2D eigenvalue weighted by Crippen LogP contribution is -2.37. The molecule has 0 atom stereocenters. The Morgan fingerprint density at radius 1 is 1.05 bits per heavy atom. The first-order chi connectivity index (χ1) is 9.97. The van der Waals surface area contributed by atoms with E-state index in [-0.39, 0.29) is 5.75 Å². The van der Waals surface area contributed by atoms with E-state index in [1.807, 2.05) is 0 Å². The number of carbonyl (C=O) groups is 2. The molecule has 0 spiro atoms. The number of carbonyl (C=O) groups excluding carboxylic acids is 2. The number of amides is 2. The van der Waals surface area contributed by atoms with E-state index in [9.17, 15) is 19.1 Å². The van der Waals surface area contributed by atoms with Crippen LogP contribution in [0.4, 0.5) is 15.8 Å². The molecular weight excluding hydrogens is 275 g/mol. The van der Waals surface area contributed by atoms with Gasteiger partial charge in [0.1, 0.15) is 11.6 Å². The number of nitrogens with one attached hydrogen (secondary N) is 1. The lowest BCUT2D eigenvalue weighted by molar-refractivity contribution is -0.134. The first-order valence-electron chi connectivity index (χ1n) is 6.11. The van der Waals surface area contributed by atoms with Crippen LogP contribution >= 0.6 is 0 Å². The third-order valence-electron chi connectivity index (χ3n) is 2.84. The van der Waals surface area contributed by atoms with Gasteiger partial charge in [-0.05, 0) is 48.5 Å². The predicted molar refractivity (Wildman–Crippen MR) is 76.5 cm³/mol. The van der Waals surface area contributed by atoms with Crippen LogP contribution in [0.2, 0.25) is 0 Å². The fraction of sp³-hybridized carbons (Fsp3) is 0.0667. The van der Waals surface area contributed by atoms with Crippen molar-refractivity contribution in [2.24, 2.45) is 0 Å². The molecule has 2 N–H and O–H groups in total. The molecule has 6 heteroatoms. The number of aromatic hydroxyl groups is 1. The van der Waals surface area contributed by atoms with E-state index in [1.54, 1.807) is 0 Å². The largest absolute Gasteiger partial charge is 0.508 e. The molecule has 0 saturated carbocycles. The number of phenols is 1. The maximum Gasteiger partial charge on any atom is 0.316 e. The van der Waals surface area contributed by atoms with E-state index in [0.29, 0.717) is 11.4 Å². The molecular formula is C15H13FN2O3. The zero-order valence-electron chi connectivity index (χ0n) is 11.2. The van der Waals surface area contributed by atoms with Crippen molar-refractivity contribution < 1.29 is 19.1 Å². The highest BCUT2D eigenvalue weighted by atomic mass is 19.1. The number of rotatable bonds is 2. The highest BCUT2D eigenvalue weighted by Gasteiger charge is 2.20. The summed E-state index contributed by atoms with van der Waals surface area (Å²) in [7, 11) is 1.44. The minimum absolute atomic E-state index is 0.0652. The molecule has 2 aromatic carbocycles.